The lowest BCUT2D eigenvalue weighted by atomic mass is 10.1. The van der Waals surface area contributed by atoms with E-state index >= 15 is 0 Å². The van der Waals surface area contributed by atoms with E-state index in [0.29, 0.717) is 25.0 Å². The Kier molecular flexibility index (Phi) is 3.52. The number of aliphatic hydroxyl groups excluding tert-OH is 1. The highest BCUT2D eigenvalue weighted by atomic mass is 16.5. The molecule has 1 heterocycles. The summed E-state index contributed by atoms with van der Waals surface area (Å²) in [6, 6.07) is 9.44. The Labute approximate surface area is 119 Å². The zero-order valence-electron chi connectivity index (χ0n) is 11.8. The van der Waals surface area contributed by atoms with Crippen LogP contribution >= 0.6 is 0 Å². The highest BCUT2D eigenvalue weighted by Crippen LogP contribution is 2.43. The fraction of sp³-hybridized carbons (Fsp3) is 0.562. The predicted octanol–water partition coefficient (Wildman–Crippen LogP) is 2.18. The molecule has 1 N–H and O–H groups in total. The molecule has 3 atom stereocenters. The van der Waals surface area contributed by atoms with Crippen molar-refractivity contribution in [2.24, 2.45) is 0 Å². The number of nitrogens with zero attached hydrogens (tertiary/aromatic N) is 1. The summed E-state index contributed by atoms with van der Waals surface area (Å²) in [6.45, 7) is 2.64. The number of ether oxygens (including phenoxy) is 1. The second-order valence-electron chi connectivity index (χ2n) is 5.76. The van der Waals surface area contributed by atoms with Crippen LogP contribution in [0.3, 0.4) is 0 Å². The van der Waals surface area contributed by atoms with E-state index < -0.39 is 5.72 Å². The van der Waals surface area contributed by atoms with Gasteiger partial charge in [0.15, 0.2) is 0 Å². The van der Waals surface area contributed by atoms with Crippen LogP contribution in [0.2, 0.25) is 0 Å². The Balaban J connectivity index is 1.92. The summed E-state index contributed by atoms with van der Waals surface area (Å²) in [5.74, 6) is 0.0176. The van der Waals surface area contributed by atoms with Gasteiger partial charge in [0.05, 0.1) is 18.8 Å². The number of rotatable bonds is 2. The highest BCUT2D eigenvalue weighted by molar-refractivity contribution is 5.95. The first-order valence-corrected chi connectivity index (χ1v) is 7.37. The van der Waals surface area contributed by atoms with Gasteiger partial charge in [0, 0.05) is 12.0 Å². The van der Waals surface area contributed by atoms with Crippen LogP contribution in [0.4, 0.5) is 0 Å². The van der Waals surface area contributed by atoms with Crippen LogP contribution in [0.25, 0.3) is 0 Å². The fourth-order valence-electron chi connectivity index (χ4n) is 3.41. The molecule has 0 aromatic heterocycles. The molecule has 1 spiro atoms. The van der Waals surface area contributed by atoms with Crippen LogP contribution in [0.1, 0.15) is 43.0 Å². The molecule has 1 saturated carbocycles. The average Bonchev–Trinajstić information content (AvgIpc) is 3.03. The lowest BCUT2D eigenvalue weighted by molar-refractivity contribution is -0.0709. The van der Waals surface area contributed by atoms with Crippen molar-refractivity contribution < 1.29 is 14.6 Å². The topological polar surface area (TPSA) is 49.8 Å². The van der Waals surface area contributed by atoms with E-state index in [1.54, 1.807) is 0 Å². The Bertz CT molecular complexity index is 490. The lowest BCUT2D eigenvalue weighted by Gasteiger charge is -2.36. The monoisotopic (exact) mass is 275 g/mol. The molecular formula is C16H21NO3. The van der Waals surface area contributed by atoms with Gasteiger partial charge in [0.2, 0.25) is 0 Å². The summed E-state index contributed by atoms with van der Waals surface area (Å²) >= 11 is 0. The van der Waals surface area contributed by atoms with E-state index in [-0.39, 0.29) is 18.1 Å². The average molecular weight is 275 g/mol. The van der Waals surface area contributed by atoms with Crippen molar-refractivity contribution in [3.8, 4) is 0 Å². The zero-order chi connectivity index (χ0) is 14.2. The van der Waals surface area contributed by atoms with E-state index in [2.05, 4.69) is 6.92 Å². The quantitative estimate of drug-likeness (QED) is 0.900. The molecular weight excluding hydrogens is 254 g/mol. The normalized spacial score (nSPS) is 33.0. The predicted molar refractivity (Wildman–Crippen MR) is 75.2 cm³/mol. The number of hydrogen-bond donors (Lipinski definition) is 1. The minimum atomic E-state index is -0.590. The summed E-state index contributed by atoms with van der Waals surface area (Å²) in [6.07, 6.45) is 2.47. The van der Waals surface area contributed by atoms with E-state index in [1.165, 1.54) is 0 Å². The highest BCUT2D eigenvalue weighted by Gasteiger charge is 2.53. The Morgan fingerprint density at radius 2 is 2.20 bits per heavy atom. The molecule has 1 aromatic carbocycles. The van der Waals surface area contributed by atoms with Gasteiger partial charge >= 0.3 is 0 Å². The molecule has 1 amide bonds. The SMILES string of the molecule is CC[C@@H]1CO[C@]2(CC[C@@H](O)C2)N1C(=O)c1ccccc1. The first-order valence-electron chi connectivity index (χ1n) is 7.37. The molecule has 4 nitrogen and oxygen atoms in total. The molecule has 2 fully saturated rings. The maximum absolute atomic E-state index is 12.8. The van der Waals surface area contributed by atoms with Gasteiger partial charge in [-0.25, -0.2) is 0 Å². The number of carbonyl (C=O) groups excluding carboxylic acids is 1. The van der Waals surface area contributed by atoms with Gasteiger partial charge in [-0.05, 0) is 31.4 Å². The lowest BCUT2D eigenvalue weighted by Crippen LogP contribution is -2.50. The van der Waals surface area contributed by atoms with Gasteiger partial charge < -0.3 is 14.7 Å². The van der Waals surface area contributed by atoms with E-state index in [0.717, 1.165) is 12.8 Å². The van der Waals surface area contributed by atoms with Crippen LogP contribution in [0, 0.1) is 0 Å². The van der Waals surface area contributed by atoms with Gasteiger partial charge in [-0.15, -0.1) is 0 Å². The minimum Gasteiger partial charge on any atom is -0.393 e. The van der Waals surface area contributed by atoms with Crippen molar-refractivity contribution in [3.05, 3.63) is 35.9 Å². The maximum Gasteiger partial charge on any atom is 0.256 e. The molecule has 20 heavy (non-hydrogen) atoms. The smallest absolute Gasteiger partial charge is 0.256 e. The van der Waals surface area contributed by atoms with Crippen molar-refractivity contribution in [2.75, 3.05) is 6.61 Å². The van der Waals surface area contributed by atoms with Crippen LogP contribution in [0.5, 0.6) is 0 Å². The Hall–Kier alpha value is -1.39. The van der Waals surface area contributed by atoms with Gasteiger partial charge in [0.25, 0.3) is 5.91 Å². The van der Waals surface area contributed by atoms with Gasteiger partial charge in [-0.2, -0.15) is 0 Å². The van der Waals surface area contributed by atoms with Gasteiger partial charge in [0.1, 0.15) is 5.72 Å². The standard InChI is InChI=1S/C16H21NO3/c1-2-13-11-20-16(9-8-14(18)10-16)17(13)15(19)12-6-4-3-5-7-12/h3-7,13-14,18H,2,8-11H2,1H3/t13-,14-,16+/m1/s1. The summed E-state index contributed by atoms with van der Waals surface area (Å²) in [4.78, 5) is 14.7. The van der Waals surface area contributed by atoms with E-state index in [4.69, 9.17) is 4.74 Å². The van der Waals surface area contributed by atoms with Crippen molar-refractivity contribution in [3.63, 3.8) is 0 Å². The number of aliphatic hydroxyl groups is 1. The van der Waals surface area contributed by atoms with Crippen molar-refractivity contribution in [1.82, 2.24) is 4.90 Å². The molecule has 0 radical (unpaired) electrons. The molecule has 1 aliphatic heterocycles. The van der Waals surface area contributed by atoms with Crippen LogP contribution in [-0.4, -0.2) is 40.4 Å². The molecule has 2 aliphatic rings. The third-order valence-corrected chi connectivity index (χ3v) is 4.48. The molecule has 0 bridgehead atoms. The van der Waals surface area contributed by atoms with Crippen molar-refractivity contribution >= 4 is 5.91 Å². The second-order valence-corrected chi connectivity index (χ2v) is 5.76. The molecule has 4 heteroatoms. The summed E-state index contributed by atoms with van der Waals surface area (Å²) in [7, 11) is 0. The Morgan fingerprint density at radius 1 is 1.45 bits per heavy atom. The zero-order valence-corrected chi connectivity index (χ0v) is 11.8. The summed E-state index contributed by atoms with van der Waals surface area (Å²) in [5.41, 5.74) is 0.102. The first kappa shape index (κ1) is 13.6. The minimum absolute atomic E-state index is 0.0176. The van der Waals surface area contributed by atoms with Gasteiger partial charge in [-0.1, -0.05) is 25.1 Å². The summed E-state index contributed by atoms with van der Waals surface area (Å²) in [5, 5.41) is 9.87. The maximum atomic E-state index is 12.8. The third-order valence-electron chi connectivity index (χ3n) is 4.48. The summed E-state index contributed by atoms with van der Waals surface area (Å²) < 4.78 is 5.98. The number of amides is 1. The van der Waals surface area contributed by atoms with Crippen LogP contribution in [0.15, 0.2) is 30.3 Å². The van der Waals surface area contributed by atoms with Crippen molar-refractivity contribution in [2.45, 2.75) is 50.5 Å². The molecule has 3 rings (SSSR count). The van der Waals surface area contributed by atoms with E-state index in [1.807, 2.05) is 35.2 Å². The number of carbonyl (C=O) groups is 1. The second kappa shape index (κ2) is 5.19. The largest absolute Gasteiger partial charge is 0.393 e. The first-order chi connectivity index (χ1) is 9.66. The fourth-order valence-corrected chi connectivity index (χ4v) is 3.41. The molecule has 0 unspecified atom stereocenters. The van der Waals surface area contributed by atoms with Crippen LogP contribution in [-0.2, 0) is 4.74 Å². The van der Waals surface area contributed by atoms with Gasteiger partial charge in [-0.3, -0.25) is 4.79 Å². The molecule has 1 saturated heterocycles. The molecule has 1 aliphatic carbocycles. The number of hydrogen-bond acceptors (Lipinski definition) is 3. The molecule has 108 valence electrons. The Morgan fingerprint density at radius 3 is 2.80 bits per heavy atom. The molecule has 1 aromatic rings. The number of benzene rings is 1. The van der Waals surface area contributed by atoms with Crippen molar-refractivity contribution in [1.29, 1.82) is 0 Å². The van der Waals surface area contributed by atoms with E-state index in [9.17, 15) is 9.90 Å². The third kappa shape index (κ3) is 2.13. The van der Waals surface area contributed by atoms with Crippen LogP contribution < -0.4 is 0 Å².